The van der Waals surface area contributed by atoms with E-state index in [2.05, 4.69) is 0 Å². The van der Waals surface area contributed by atoms with E-state index >= 15 is 0 Å². The van der Waals surface area contributed by atoms with Crippen LogP contribution in [-0.2, 0) is 16.8 Å². The van der Waals surface area contributed by atoms with E-state index in [4.69, 9.17) is 15.3 Å². The first-order chi connectivity index (χ1) is 1.73. The van der Waals surface area contributed by atoms with E-state index in [-0.39, 0.29) is 53.7 Å². The summed E-state index contributed by atoms with van der Waals surface area (Å²) in [5.74, 6) is 0. The monoisotopic (exact) mass is 218 g/mol. The summed E-state index contributed by atoms with van der Waals surface area (Å²) < 4.78 is 0. The Morgan fingerprint density at radius 2 is 0.909 bits per heavy atom. The van der Waals surface area contributed by atoms with Crippen molar-refractivity contribution in [1.29, 1.82) is 0 Å². The summed E-state index contributed by atoms with van der Waals surface area (Å²) in [7, 11) is 0. The van der Waals surface area contributed by atoms with Crippen molar-refractivity contribution >= 4 is 0 Å². The van der Waals surface area contributed by atoms with Crippen LogP contribution in [0.5, 0.6) is 0 Å². The summed E-state index contributed by atoms with van der Waals surface area (Å²) in [6, 6.07) is 0. The van der Waals surface area contributed by atoms with Gasteiger partial charge in [-0.1, -0.05) is 0 Å². The molecule has 0 aromatic heterocycles. The van der Waals surface area contributed by atoms with Crippen LogP contribution < -0.4 is 0 Å². The summed E-state index contributed by atoms with van der Waals surface area (Å²) in [6.07, 6.45) is 0. The summed E-state index contributed by atoms with van der Waals surface area (Å²) >= 11 is 0. The van der Waals surface area contributed by atoms with Gasteiger partial charge in [-0.05, 0) is 0 Å². The van der Waals surface area contributed by atoms with E-state index in [1.54, 1.807) is 0 Å². The molecular weight excluding hydrogens is 205 g/mol. The third-order valence-electron chi connectivity index (χ3n) is 0. The molecule has 0 unspecified atom stereocenters. The van der Waals surface area contributed by atoms with Crippen LogP contribution in [0.3, 0.4) is 0 Å². The molecule has 0 radical (unpaired) electrons. The predicted molar refractivity (Wildman–Crippen MR) is 40.5 cm³/mol. The van der Waals surface area contributed by atoms with Gasteiger partial charge in [0.25, 0.3) is 5.09 Å². The fraction of sp³-hybridized carbons (Fsp3) is 0. The Morgan fingerprint density at radius 1 is 0.909 bits per heavy atom. The zero-order chi connectivity index (χ0) is 3.58. The van der Waals surface area contributed by atoms with Gasteiger partial charge in [0.05, 0.1) is 0 Å². The van der Waals surface area contributed by atoms with Gasteiger partial charge in [-0.2, -0.15) is 0 Å². The average molecular weight is 218 g/mol. The number of hydrogen-bond donors (Lipinski definition) is 1. The maximum absolute atomic E-state index is 8.36. The van der Waals surface area contributed by atoms with Crippen LogP contribution in [0.15, 0.2) is 0 Å². The van der Waals surface area contributed by atoms with Gasteiger partial charge in [0.1, 0.15) is 0 Å². The van der Waals surface area contributed by atoms with Crippen molar-refractivity contribution in [1.82, 2.24) is 0 Å². The zero-order valence-electron chi connectivity index (χ0n) is 5.51. The van der Waals surface area contributed by atoms with Crippen LogP contribution in [0.2, 0.25) is 0 Å². The number of hydrogen-bond acceptors (Lipinski definition) is 2. The van der Waals surface area contributed by atoms with E-state index in [0.29, 0.717) is 0 Å². The Balaban J connectivity index is -0.00000000214. The molecule has 0 aliphatic heterocycles. The number of nitrogens with two attached hydrogens (primary N) is 6. The minimum atomic E-state index is -1.50. The molecule has 0 bridgehead atoms. The molecule has 78 valence electrons. The summed E-state index contributed by atoms with van der Waals surface area (Å²) in [5.41, 5.74) is 0. The first-order valence-electron chi connectivity index (χ1n) is 0.565. The molecule has 0 aliphatic rings. The van der Waals surface area contributed by atoms with Crippen LogP contribution >= 0.6 is 0 Å². The maximum atomic E-state index is 8.36. The Morgan fingerprint density at radius 3 is 0.909 bits per heavy atom. The number of nitrogens with zero attached hydrogens (tertiary/aromatic N) is 1. The van der Waals surface area contributed by atoms with E-state index in [9.17, 15) is 0 Å². The Labute approximate surface area is 74.9 Å². The molecule has 0 saturated carbocycles. The van der Waals surface area contributed by atoms with Gasteiger partial charge < -0.3 is 42.1 Å². The molecule has 0 aromatic rings. The zero-order valence-corrected chi connectivity index (χ0v) is 6.55. The van der Waals surface area contributed by atoms with E-state index in [1.165, 1.54) is 0 Å². The fourth-order valence-electron chi connectivity index (χ4n) is 0. The molecule has 10 nitrogen and oxygen atoms in total. The molecule has 0 spiro atoms. The Kier molecular flexibility index (Phi) is 1560. The van der Waals surface area contributed by atoms with Crippen LogP contribution in [0, 0.1) is 10.1 Å². The topological polar surface area (TPSA) is 264 Å². The van der Waals surface area contributed by atoms with Crippen LogP contribution in [0.25, 0.3) is 36.9 Å². The molecule has 13 N–H and O–H groups in total. The molecule has 11 heavy (non-hydrogen) atoms. The van der Waals surface area contributed by atoms with Crippen LogP contribution in [0.1, 0.15) is 0 Å². The normalized spacial score (nSPS) is 2.18. The molecule has 11 heteroatoms. The van der Waals surface area contributed by atoms with E-state index in [1.807, 2.05) is 0 Å². The summed E-state index contributed by atoms with van der Waals surface area (Å²) in [5, 5.41) is 13.6. The standard InChI is InChI=1S/Co.HNO3.6H2N/c;2-1(3)4;;;;;;/h;(H,2,3,4);6*1H2/q+3;;6*-1. The van der Waals surface area contributed by atoms with Crippen molar-refractivity contribution in [2.45, 2.75) is 0 Å². The van der Waals surface area contributed by atoms with Crippen LogP contribution in [0.4, 0.5) is 0 Å². The van der Waals surface area contributed by atoms with E-state index < -0.39 is 5.09 Å². The molecular formula is H13CoN7O3-3. The van der Waals surface area contributed by atoms with Gasteiger partial charge in [0.15, 0.2) is 0 Å². The Bertz CT molecular complexity index is 36.7. The molecule has 0 atom stereocenters. The first kappa shape index (κ1) is 154. The first-order valence-corrected chi connectivity index (χ1v) is 0.565. The number of rotatable bonds is 0. The van der Waals surface area contributed by atoms with Crippen molar-refractivity contribution in [3.8, 4) is 0 Å². The van der Waals surface area contributed by atoms with Gasteiger partial charge in [-0.3, -0.25) is 0 Å². The third kappa shape index (κ3) is 1850. The largest absolute Gasteiger partial charge is 3.00 e. The predicted octanol–water partition coefficient (Wildman–Crippen LogP) is 3.95. The van der Waals surface area contributed by atoms with Crippen molar-refractivity contribution < 1.29 is 27.1 Å². The minimum absolute atomic E-state index is 0. The summed E-state index contributed by atoms with van der Waals surface area (Å²) in [4.78, 5) is 8.36. The van der Waals surface area contributed by atoms with Crippen molar-refractivity contribution in [2.24, 2.45) is 0 Å². The van der Waals surface area contributed by atoms with Crippen molar-refractivity contribution in [2.75, 3.05) is 0 Å². The fourth-order valence-corrected chi connectivity index (χ4v) is 0. The van der Waals surface area contributed by atoms with Crippen LogP contribution in [-0.4, -0.2) is 10.3 Å². The molecule has 0 amide bonds. The van der Waals surface area contributed by atoms with Crippen molar-refractivity contribution in [3.63, 3.8) is 0 Å². The maximum Gasteiger partial charge on any atom is 3.00 e. The van der Waals surface area contributed by atoms with Gasteiger partial charge in [0.2, 0.25) is 0 Å². The molecule has 0 aliphatic carbocycles. The van der Waals surface area contributed by atoms with Gasteiger partial charge in [-0.15, -0.1) is 10.1 Å². The second-order valence-corrected chi connectivity index (χ2v) is 0.238. The molecule has 0 aromatic carbocycles. The average Bonchev–Trinajstić information content (AvgIpc) is 0.811. The molecule has 0 fully saturated rings. The van der Waals surface area contributed by atoms with E-state index in [0.717, 1.165) is 0 Å². The van der Waals surface area contributed by atoms with Gasteiger partial charge >= 0.3 is 16.8 Å². The molecule has 0 rings (SSSR count). The third-order valence-corrected chi connectivity index (χ3v) is 0. The Hall–Kier alpha value is -0.534. The van der Waals surface area contributed by atoms with Crippen molar-refractivity contribution in [3.05, 3.63) is 47.0 Å². The van der Waals surface area contributed by atoms with Gasteiger partial charge in [0, 0.05) is 0 Å². The van der Waals surface area contributed by atoms with Gasteiger partial charge in [-0.25, -0.2) is 0 Å². The molecule has 0 saturated heterocycles. The molecule has 0 heterocycles. The minimum Gasteiger partial charge on any atom is -0.693 e. The SMILES string of the molecule is O=[N+]([O-])O.[Co+3].[NH2-].[NH2-].[NH2-].[NH2-].[NH2-].[NH2-]. The second-order valence-electron chi connectivity index (χ2n) is 0.238. The quantitative estimate of drug-likeness (QED) is 0.466. The summed E-state index contributed by atoms with van der Waals surface area (Å²) in [6.45, 7) is 0. The smallest absolute Gasteiger partial charge is 0.693 e. The second kappa shape index (κ2) is 112.